The van der Waals surface area contributed by atoms with E-state index in [9.17, 15) is 4.79 Å². The number of piperidine rings is 1. The third-order valence-corrected chi connectivity index (χ3v) is 3.79. The number of nitrogens with zero attached hydrogens (tertiary/aromatic N) is 1. The molecule has 0 amide bonds. The summed E-state index contributed by atoms with van der Waals surface area (Å²) in [6, 6.07) is 2.21. The van der Waals surface area contributed by atoms with Gasteiger partial charge < -0.3 is 14.8 Å². The summed E-state index contributed by atoms with van der Waals surface area (Å²) in [7, 11) is 0. The van der Waals surface area contributed by atoms with Gasteiger partial charge in [-0.15, -0.1) is 0 Å². The quantitative estimate of drug-likeness (QED) is 0.851. The standard InChI is InChI=1S/C14H22N2O3/c1-3-16(11-4-6-15-7-5-11)9-12-8-13(14(17)18)10(2)19-12/h8,11,15H,3-7,9H2,1-2H3,(H,17,18). The second kappa shape index (κ2) is 6.21. The molecule has 5 nitrogen and oxygen atoms in total. The lowest BCUT2D eigenvalue weighted by atomic mass is 10.0. The Morgan fingerprint density at radius 3 is 2.74 bits per heavy atom. The summed E-state index contributed by atoms with van der Waals surface area (Å²) in [5.74, 6) is 0.316. The molecule has 106 valence electrons. The molecule has 1 aromatic heterocycles. The maximum absolute atomic E-state index is 11.0. The molecule has 1 aliphatic heterocycles. The number of carboxylic acids is 1. The van der Waals surface area contributed by atoms with Crippen molar-refractivity contribution in [1.29, 1.82) is 0 Å². The lowest BCUT2D eigenvalue weighted by molar-refractivity contribution is 0.0695. The summed E-state index contributed by atoms with van der Waals surface area (Å²) in [5, 5.41) is 12.4. The smallest absolute Gasteiger partial charge is 0.339 e. The van der Waals surface area contributed by atoms with Crippen molar-refractivity contribution < 1.29 is 14.3 Å². The van der Waals surface area contributed by atoms with E-state index in [1.165, 1.54) is 0 Å². The Hall–Kier alpha value is -1.33. The van der Waals surface area contributed by atoms with Crippen LogP contribution in [0, 0.1) is 6.92 Å². The van der Waals surface area contributed by atoms with Crippen LogP contribution in [0.3, 0.4) is 0 Å². The van der Waals surface area contributed by atoms with E-state index >= 15 is 0 Å². The van der Waals surface area contributed by atoms with Crippen LogP contribution >= 0.6 is 0 Å². The van der Waals surface area contributed by atoms with E-state index in [4.69, 9.17) is 9.52 Å². The molecule has 0 atom stereocenters. The largest absolute Gasteiger partial charge is 0.478 e. The summed E-state index contributed by atoms with van der Waals surface area (Å²) in [6.07, 6.45) is 2.28. The Labute approximate surface area is 113 Å². The first-order valence-corrected chi connectivity index (χ1v) is 6.89. The third-order valence-electron chi connectivity index (χ3n) is 3.79. The van der Waals surface area contributed by atoms with Gasteiger partial charge in [0.15, 0.2) is 0 Å². The monoisotopic (exact) mass is 266 g/mol. The molecule has 1 fully saturated rings. The average Bonchev–Trinajstić information content (AvgIpc) is 2.78. The van der Waals surface area contributed by atoms with Crippen LogP contribution in [0.5, 0.6) is 0 Å². The van der Waals surface area contributed by atoms with Gasteiger partial charge in [-0.25, -0.2) is 4.79 Å². The minimum Gasteiger partial charge on any atom is -0.478 e. The van der Waals surface area contributed by atoms with Crippen molar-refractivity contribution in [2.45, 2.75) is 39.3 Å². The molecule has 0 aromatic carbocycles. The Morgan fingerprint density at radius 2 is 2.21 bits per heavy atom. The highest BCUT2D eigenvalue weighted by atomic mass is 16.4. The molecule has 0 radical (unpaired) electrons. The number of hydrogen-bond acceptors (Lipinski definition) is 4. The molecular weight excluding hydrogens is 244 g/mol. The first kappa shape index (κ1) is 14.1. The van der Waals surface area contributed by atoms with Gasteiger partial charge in [-0.2, -0.15) is 0 Å². The predicted molar refractivity (Wildman–Crippen MR) is 72.4 cm³/mol. The van der Waals surface area contributed by atoms with E-state index in [-0.39, 0.29) is 5.56 Å². The predicted octanol–water partition coefficient (Wildman–Crippen LogP) is 1.86. The van der Waals surface area contributed by atoms with Crippen molar-refractivity contribution in [3.63, 3.8) is 0 Å². The Bertz CT molecular complexity index is 436. The maximum atomic E-state index is 11.0. The first-order valence-electron chi connectivity index (χ1n) is 6.89. The van der Waals surface area contributed by atoms with E-state index < -0.39 is 5.97 Å². The summed E-state index contributed by atoms with van der Waals surface area (Å²) in [5.41, 5.74) is 0.274. The maximum Gasteiger partial charge on any atom is 0.339 e. The van der Waals surface area contributed by atoms with Crippen LogP contribution < -0.4 is 5.32 Å². The van der Waals surface area contributed by atoms with Crippen LogP contribution in [-0.2, 0) is 6.54 Å². The summed E-state index contributed by atoms with van der Waals surface area (Å²) >= 11 is 0. The van der Waals surface area contributed by atoms with E-state index in [1.54, 1.807) is 13.0 Å². The van der Waals surface area contributed by atoms with Crippen LogP contribution in [0.25, 0.3) is 0 Å². The van der Waals surface area contributed by atoms with Gasteiger partial charge in [0.25, 0.3) is 0 Å². The Morgan fingerprint density at radius 1 is 1.53 bits per heavy atom. The van der Waals surface area contributed by atoms with E-state index in [1.807, 2.05) is 0 Å². The molecule has 0 spiro atoms. The minimum atomic E-state index is -0.919. The molecule has 5 heteroatoms. The number of aryl methyl sites for hydroxylation is 1. The van der Waals surface area contributed by atoms with Gasteiger partial charge in [0.05, 0.1) is 6.54 Å². The fraction of sp³-hybridized carbons (Fsp3) is 0.643. The van der Waals surface area contributed by atoms with Crippen molar-refractivity contribution in [1.82, 2.24) is 10.2 Å². The molecule has 19 heavy (non-hydrogen) atoms. The number of aromatic carboxylic acids is 1. The van der Waals surface area contributed by atoms with Crippen LogP contribution in [0.2, 0.25) is 0 Å². The lowest BCUT2D eigenvalue weighted by Crippen LogP contribution is -2.42. The molecule has 0 saturated carbocycles. The highest BCUT2D eigenvalue weighted by Gasteiger charge is 2.22. The molecule has 1 aromatic rings. The molecule has 0 unspecified atom stereocenters. The zero-order chi connectivity index (χ0) is 13.8. The van der Waals surface area contributed by atoms with Crippen LogP contribution in [-0.4, -0.2) is 41.7 Å². The molecule has 2 rings (SSSR count). The van der Waals surface area contributed by atoms with Gasteiger partial charge in [0.2, 0.25) is 0 Å². The Balaban J connectivity index is 2.05. The lowest BCUT2D eigenvalue weighted by Gasteiger charge is -2.33. The van der Waals surface area contributed by atoms with E-state index in [0.717, 1.165) is 38.2 Å². The molecule has 1 saturated heterocycles. The van der Waals surface area contributed by atoms with Crippen molar-refractivity contribution in [2.24, 2.45) is 0 Å². The second-order valence-electron chi connectivity index (χ2n) is 5.03. The SMILES string of the molecule is CCN(Cc1cc(C(=O)O)c(C)o1)C1CCNCC1. The van der Waals surface area contributed by atoms with Crippen molar-refractivity contribution in [3.8, 4) is 0 Å². The summed E-state index contributed by atoms with van der Waals surface area (Å²) in [4.78, 5) is 13.4. The fourth-order valence-electron chi connectivity index (χ4n) is 2.71. The van der Waals surface area contributed by atoms with Crippen molar-refractivity contribution in [3.05, 3.63) is 23.2 Å². The van der Waals surface area contributed by atoms with Crippen LogP contribution in [0.1, 0.15) is 41.6 Å². The molecule has 0 bridgehead atoms. The highest BCUT2D eigenvalue weighted by molar-refractivity contribution is 5.88. The summed E-state index contributed by atoms with van der Waals surface area (Å²) in [6.45, 7) is 7.59. The minimum absolute atomic E-state index is 0.274. The van der Waals surface area contributed by atoms with Crippen molar-refractivity contribution >= 4 is 5.97 Å². The number of carbonyl (C=O) groups is 1. The van der Waals surface area contributed by atoms with Gasteiger partial charge in [-0.05, 0) is 45.5 Å². The molecule has 1 aliphatic rings. The zero-order valence-electron chi connectivity index (χ0n) is 11.6. The number of hydrogen-bond donors (Lipinski definition) is 2. The molecule has 2 heterocycles. The van der Waals surface area contributed by atoms with Crippen LogP contribution in [0.4, 0.5) is 0 Å². The third kappa shape index (κ3) is 3.36. The Kier molecular flexibility index (Phi) is 4.61. The van der Waals surface area contributed by atoms with Crippen molar-refractivity contribution in [2.75, 3.05) is 19.6 Å². The van der Waals surface area contributed by atoms with Gasteiger partial charge >= 0.3 is 5.97 Å². The first-order chi connectivity index (χ1) is 9.11. The highest BCUT2D eigenvalue weighted by Crippen LogP contribution is 2.19. The molecule has 2 N–H and O–H groups in total. The van der Waals surface area contributed by atoms with Gasteiger partial charge in [-0.1, -0.05) is 6.92 Å². The number of rotatable bonds is 5. The fourth-order valence-corrected chi connectivity index (χ4v) is 2.71. The van der Waals surface area contributed by atoms with E-state index in [0.29, 0.717) is 18.3 Å². The van der Waals surface area contributed by atoms with Crippen LogP contribution in [0.15, 0.2) is 10.5 Å². The van der Waals surface area contributed by atoms with Gasteiger partial charge in [0.1, 0.15) is 17.1 Å². The topological polar surface area (TPSA) is 65.7 Å². The normalized spacial score (nSPS) is 17.0. The van der Waals surface area contributed by atoms with E-state index in [2.05, 4.69) is 17.1 Å². The number of furan rings is 1. The average molecular weight is 266 g/mol. The molecule has 0 aliphatic carbocycles. The molecular formula is C14H22N2O3. The van der Waals surface area contributed by atoms with Gasteiger partial charge in [0, 0.05) is 6.04 Å². The van der Waals surface area contributed by atoms with Gasteiger partial charge in [-0.3, -0.25) is 4.90 Å². The second-order valence-corrected chi connectivity index (χ2v) is 5.03. The number of nitrogens with one attached hydrogen (secondary N) is 1. The summed E-state index contributed by atoms with van der Waals surface area (Å²) < 4.78 is 5.56. The zero-order valence-corrected chi connectivity index (χ0v) is 11.6. The number of carboxylic acid groups (broad SMARTS) is 1.